The molecule has 2 aromatic rings. The molecular weight excluding hydrogens is 353 g/mol. The highest BCUT2D eigenvalue weighted by atomic mass is 32.2. The van der Waals surface area contributed by atoms with Gasteiger partial charge in [-0.05, 0) is 13.0 Å². The molecule has 2 rings (SSSR count). The van der Waals surface area contributed by atoms with E-state index in [0.29, 0.717) is 11.1 Å². The van der Waals surface area contributed by atoms with Gasteiger partial charge in [0.15, 0.2) is 9.84 Å². The minimum atomic E-state index is -4.64. The van der Waals surface area contributed by atoms with Crippen LogP contribution in [0.1, 0.15) is 16.3 Å². The summed E-state index contributed by atoms with van der Waals surface area (Å²) in [6.07, 6.45) is -2.94. The van der Waals surface area contributed by atoms with Crippen molar-refractivity contribution in [3.63, 3.8) is 0 Å². The molecule has 0 aliphatic heterocycles. The van der Waals surface area contributed by atoms with Crippen molar-refractivity contribution >= 4 is 21.2 Å². The van der Waals surface area contributed by atoms with E-state index in [1.165, 1.54) is 20.1 Å². The SMILES string of the molecule is COCc1sc(-c2nc(C)ncc2C(F)(F)F)cc1S(C)(=O)=O. The minimum absolute atomic E-state index is 0.0154. The van der Waals surface area contributed by atoms with Crippen molar-refractivity contribution in [1.82, 2.24) is 9.97 Å². The predicted octanol–water partition coefficient (Wildman–Crippen LogP) is 3.08. The third-order valence-electron chi connectivity index (χ3n) is 2.89. The largest absolute Gasteiger partial charge is 0.420 e. The normalized spacial score (nSPS) is 12.6. The molecule has 5 nitrogen and oxygen atoms in total. The zero-order valence-corrected chi connectivity index (χ0v) is 14.1. The number of aromatic nitrogens is 2. The van der Waals surface area contributed by atoms with E-state index in [1.54, 1.807) is 0 Å². The van der Waals surface area contributed by atoms with Crippen molar-refractivity contribution in [3.8, 4) is 10.6 Å². The van der Waals surface area contributed by atoms with E-state index in [2.05, 4.69) is 9.97 Å². The van der Waals surface area contributed by atoms with Crippen molar-refractivity contribution in [2.75, 3.05) is 13.4 Å². The highest BCUT2D eigenvalue weighted by Gasteiger charge is 2.36. The van der Waals surface area contributed by atoms with Crippen LogP contribution in [0.3, 0.4) is 0 Å². The lowest BCUT2D eigenvalue weighted by Crippen LogP contribution is -2.10. The van der Waals surface area contributed by atoms with Gasteiger partial charge in [-0.1, -0.05) is 0 Å². The molecule has 0 aliphatic carbocycles. The number of aryl methyl sites for hydroxylation is 1. The Labute approximate surface area is 135 Å². The molecule has 0 N–H and O–H groups in total. The summed E-state index contributed by atoms with van der Waals surface area (Å²) in [5.74, 6) is 0.163. The van der Waals surface area contributed by atoms with Crippen LogP contribution in [0.5, 0.6) is 0 Å². The quantitative estimate of drug-likeness (QED) is 0.832. The van der Waals surface area contributed by atoms with E-state index in [0.717, 1.165) is 17.6 Å². The average Bonchev–Trinajstić information content (AvgIpc) is 2.81. The molecule has 0 spiro atoms. The number of sulfone groups is 1. The molecule has 0 saturated carbocycles. The highest BCUT2D eigenvalue weighted by molar-refractivity contribution is 7.91. The van der Waals surface area contributed by atoms with Gasteiger partial charge in [0.05, 0.1) is 22.1 Å². The van der Waals surface area contributed by atoms with Gasteiger partial charge in [0.2, 0.25) is 0 Å². The van der Waals surface area contributed by atoms with Crippen LogP contribution in [0.2, 0.25) is 0 Å². The smallest absolute Gasteiger partial charge is 0.379 e. The van der Waals surface area contributed by atoms with Gasteiger partial charge in [-0.2, -0.15) is 13.2 Å². The fourth-order valence-electron chi connectivity index (χ4n) is 1.94. The van der Waals surface area contributed by atoms with Gasteiger partial charge >= 0.3 is 6.18 Å². The maximum Gasteiger partial charge on any atom is 0.420 e. The Kier molecular flexibility index (Phi) is 4.79. The molecule has 2 heterocycles. The Balaban J connectivity index is 2.71. The first-order chi connectivity index (χ1) is 10.5. The average molecular weight is 366 g/mol. The van der Waals surface area contributed by atoms with Gasteiger partial charge < -0.3 is 4.74 Å². The van der Waals surface area contributed by atoms with Gasteiger partial charge in [0, 0.05) is 24.4 Å². The second-order valence-electron chi connectivity index (χ2n) is 4.78. The van der Waals surface area contributed by atoms with E-state index in [-0.39, 0.29) is 27.9 Å². The number of alkyl halides is 3. The number of nitrogens with zero attached hydrogens (tertiary/aromatic N) is 2. The van der Waals surface area contributed by atoms with Gasteiger partial charge in [-0.25, -0.2) is 18.4 Å². The fourth-order valence-corrected chi connectivity index (χ4v) is 4.43. The van der Waals surface area contributed by atoms with E-state index in [4.69, 9.17) is 4.74 Å². The molecule has 0 amide bonds. The highest BCUT2D eigenvalue weighted by Crippen LogP contribution is 2.40. The van der Waals surface area contributed by atoms with Crippen LogP contribution in [0.15, 0.2) is 17.2 Å². The van der Waals surface area contributed by atoms with E-state index < -0.39 is 21.6 Å². The molecule has 0 aliphatic rings. The number of hydrogen-bond acceptors (Lipinski definition) is 6. The number of hydrogen-bond donors (Lipinski definition) is 0. The van der Waals surface area contributed by atoms with Crippen LogP contribution in [-0.4, -0.2) is 31.8 Å². The van der Waals surface area contributed by atoms with Crippen LogP contribution in [0, 0.1) is 6.92 Å². The van der Waals surface area contributed by atoms with Crippen LogP contribution in [0.4, 0.5) is 13.2 Å². The van der Waals surface area contributed by atoms with Crippen molar-refractivity contribution in [3.05, 3.63) is 28.5 Å². The predicted molar refractivity (Wildman–Crippen MR) is 78.9 cm³/mol. The van der Waals surface area contributed by atoms with Crippen molar-refractivity contribution < 1.29 is 26.3 Å². The Morgan fingerprint density at radius 3 is 2.52 bits per heavy atom. The lowest BCUT2D eigenvalue weighted by atomic mass is 10.2. The molecule has 126 valence electrons. The lowest BCUT2D eigenvalue weighted by Gasteiger charge is -2.10. The molecule has 0 saturated heterocycles. The molecule has 0 radical (unpaired) electrons. The van der Waals surface area contributed by atoms with Crippen LogP contribution in [0.25, 0.3) is 10.6 Å². The number of halogens is 3. The van der Waals surface area contributed by atoms with Gasteiger partial charge in [-0.3, -0.25) is 0 Å². The van der Waals surface area contributed by atoms with Crippen molar-refractivity contribution in [2.24, 2.45) is 0 Å². The van der Waals surface area contributed by atoms with Crippen molar-refractivity contribution in [1.29, 1.82) is 0 Å². The first kappa shape index (κ1) is 17.8. The summed E-state index contributed by atoms with van der Waals surface area (Å²) in [7, 11) is -2.22. The summed E-state index contributed by atoms with van der Waals surface area (Å²) in [5, 5.41) is 0. The molecule has 0 atom stereocenters. The van der Waals surface area contributed by atoms with Gasteiger partial charge in [0.25, 0.3) is 0 Å². The molecule has 10 heteroatoms. The second-order valence-corrected chi connectivity index (χ2v) is 7.90. The van der Waals surface area contributed by atoms with E-state index in [9.17, 15) is 21.6 Å². The zero-order valence-electron chi connectivity index (χ0n) is 12.4. The maximum atomic E-state index is 13.1. The van der Waals surface area contributed by atoms with Crippen LogP contribution >= 0.6 is 11.3 Å². The number of methoxy groups -OCH3 is 1. The number of thiophene rings is 1. The molecule has 2 aromatic heterocycles. The van der Waals surface area contributed by atoms with Crippen LogP contribution < -0.4 is 0 Å². The summed E-state index contributed by atoms with van der Waals surface area (Å²) in [5.41, 5.74) is -1.34. The summed E-state index contributed by atoms with van der Waals surface area (Å²) in [4.78, 5) is 7.81. The molecule has 0 aromatic carbocycles. The molecule has 0 bridgehead atoms. The topological polar surface area (TPSA) is 69.2 Å². The second kappa shape index (κ2) is 6.17. The number of rotatable bonds is 4. The third kappa shape index (κ3) is 3.88. The molecular formula is C13H13F3N2O3S2. The summed E-state index contributed by atoms with van der Waals surface area (Å²) in [6.45, 7) is 1.45. The van der Waals surface area contributed by atoms with Gasteiger partial charge in [-0.15, -0.1) is 11.3 Å². The summed E-state index contributed by atoms with van der Waals surface area (Å²) in [6, 6.07) is 1.20. The maximum absolute atomic E-state index is 13.1. The molecule has 0 unspecified atom stereocenters. The minimum Gasteiger partial charge on any atom is -0.379 e. The fraction of sp³-hybridized carbons (Fsp3) is 0.385. The summed E-state index contributed by atoms with van der Waals surface area (Å²) >= 11 is 0.909. The lowest BCUT2D eigenvalue weighted by molar-refractivity contribution is -0.137. The third-order valence-corrected chi connectivity index (χ3v) is 5.30. The van der Waals surface area contributed by atoms with Gasteiger partial charge in [0.1, 0.15) is 11.4 Å². The summed E-state index contributed by atoms with van der Waals surface area (Å²) < 4.78 is 68.0. The Morgan fingerprint density at radius 1 is 1.35 bits per heavy atom. The molecule has 0 fully saturated rings. The standard InChI is InChI=1S/C13H13F3N2O3S2/c1-7-17-5-8(13(14,15)16)12(18-7)9-4-11(23(3,19)20)10(22-9)6-21-2/h4-5H,6H2,1-3H3. The monoisotopic (exact) mass is 366 g/mol. The van der Waals surface area contributed by atoms with E-state index in [1.807, 2.05) is 0 Å². The Bertz CT molecular complexity index is 829. The Morgan fingerprint density at radius 2 is 2.00 bits per heavy atom. The molecule has 23 heavy (non-hydrogen) atoms. The van der Waals surface area contributed by atoms with Crippen molar-refractivity contribution in [2.45, 2.75) is 24.6 Å². The van der Waals surface area contributed by atoms with Crippen LogP contribution in [-0.2, 0) is 27.4 Å². The number of ether oxygens (including phenoxy) is 1. The first-order valence-electron chi connectivity index (χ1n) is 6.27. The van der Waals surface area contributed by atoms with E-state index >= 15 is 0 Å². The zero-order chi connectivity index (χ0) is 17.4. The first-order valence-corrected chi connectivity index (χ1v) is 8.97. The Hall–Kier alpha value is -1.52.